The third-order valence-electron chi connectivity index (χ3n) is 3.86. The molecule has 1 aliphatic rings. The maximum atomic E-state index is 12.4. The normalized spacial score (nSPS) is 16.1. The van der Waals surface area contributed by atoms with Crippen LogP contribution in [0, 0.1) is 0 Å². The fourth-order valence-electron chi connectivity index (χ4n) is 2.51. The predicted molar refractivity (Wildman–Crippen MR) is 88.8 cm³/mol. The molecule has 0 radical (unpaired) electrons. The van der Waals surface area contributed by atoms with Crippen molar-refractivity contribution in [1.82, 2.24) is 19.0 Å². The van der Waals surface area contributed by atoms with Crippen LogP contribution in [0.1, 0.15) is 10.4 Å². The third-order valence-corrected chi connectivity index (χ3v) is 7.13. The molecule has 0 bridgehead atoms. The Bertz CT molecular complexity index is 867. The van der Waals surface area contributed by atoms with E-state index in [2.05, 4.69) is 5.10 Å². The van der Waals surface area contributed by atoms with Crippen LogP contribution in [-0.2, 0) is 21.4 Å². The highest BCUT2D eigenvalue weighted by Crippen LogP contribution is 2.22. The number of aromatic nitrogens is 2. The quantitative estimate of drug-likeness (QED) is 0.787. The molecule has 0 atom stereocenters. The number of hydrogen-bond acceptors (Lipinski definition) is 6. The second-order valence-corrected chi connectivity index (χ2v) is 8.56. The standard InChI is InChI=1S/C14H16N4O5S2/c19-12(10-17-9-11(8-15-17)14(20)21)16-3-5-18(6-4-16)25(22,23)13-2-1-7-24-13/h1-2,7-9H,3-6,10H2,(H,20,21). The first-order chi connectivity index (χ1) is 11.9. The lowest BCUT2D eigenvalue weighted by Crippen LogP contribution is -2.51. The average molecular weight is 384 g/mol. The smallest absolute Gasteiger partial charge is 0.338 e. The second-order valence-electron chi connectivity index (χ2n) is 5.45. The molecule has 3 heterocycles. The largest absolute Gasteiger partial charge is 0.478 e. The number of rotatable bonds is 5. The van der Waals surface area contributed by atoms with Crippen molar-refractivity contribution in [3.8, 4) is 0 Å². The summed E-state index contributed by atoms with van der Waals surface area (Å²) in [5.74, 6) is -1.33. The zero-order valence-electron chi connectivity index (χ0n) is 13.1. The van der Waals surface area contributed by atoms with Crippen molar-refractivity contribution in [2.24, 2.45) is 0 Å². The van der Waals surface area contributed by atoms with Gasteiger partial charge in [-0.25, -0.2) is 13.2 Å². The van der Waals surface area contributed by atoms with Gasteiger partial charge in [-0.15, -0.1) is 11.3 Å². The van der Waals surface area contributed by atoms with Gasteiger partial charge in [0.25, 0.3) is 10.0 Å². The van der Waals surface area contributed by atoms with Crippen molar-refractivity contribution < 1.29 is 23.1 Å². The molecule has 11 heteroatoms. The first kappa shape index (κ1) is 17.6. The van der Waals surface area contributed by atoms with Gasteiger partial charge in [0, 0.05) is 32.4 Å². The number of thiophene rings is 1. The molecule has 134 valence electrons. The Morgan fingerprint density at radius 3 is 2.52 bits per heavy atom. The second kappa shape index (κ2) is 6.94. The van der Waals surface area contributed by atoms with Crippen LogP contribution >= 0.6 is 11.3 Å². The van der Waals surface area contributed by atoms with E-state index >= 15 is 0 Å². The Kier molecular flexibility index (Phi) is 4.88. The molecule has 3 rings (SSSR count). The molecule has 1 saturated heterocycles. The topological polar surface area (TPSA) is 113 Å². The van der Waals surface area contributed by atoms with Gasteiger partial charge in [0.05, 0.1) is 11.8 Å². The summed E-state index contributed by atoms with van der Waals surface area (Å²) in [6.45, 7) is 0.953. The molecule has 0 aliphatic carbocycles. The molecule has 2 aromatic heterocycles. The lowest BCUT2D eigenvalue weighted by molar-refractivity contribution is -0.133. The zero-order chi connectivity index (χ0) is 18.0. The van der Waals surface area contributed by atoms with E-state index in [-0.39, 0.29) is 44.2 Å². The van der Waals surface area contributed by atoms with Crippen molar-refractivity contribution >= 4 is 33.2 Å². The number of piperazine rings is 1. The van der Waals surface area contributed by atoms with Gasteiger partial charge in [-0.2, -0.15) is 9.40 Å². The van der Waals surface area contributed by atoms with Crippen LogP contribution in [0.2, 0.25) is 0 Å². The minimum absolute atomic E-state index is 0.0136. The van der Waals surface area contributed by atoms with Crippen LogP contribution in [0.15, 0.2) is 34.1 Å². The summed E-state index contributed by atoms with van der Waals surface area (Å²) in [7, 11) is -3.50. The number of amides is 1. The van der Waals surface area contributed by atoms with Gasteiger partial charge >= 0.3 is 5.97 Å². The van der Waals surface area contributed by atoms with Crippen molar-refractivity contribution in [2.75, 3.05) is 26.2 Å². The number of aromatic carboxylic acids is 1. The molecule has 1 aliphatic heterocycles. The van der Waals surface area contributed by atoms with Crippen LogP contribution in [0.4, 0.5) is 0 Å². The third kappa shape index (κ3) is 3.72. The Morgan fingerprint density at radius 1 is 1.24 bits per heavy atom. The maximum absolute atomic E-state index is 12.4. The van der Waals surface area contributed by atoms with E-state index in [0.29, 0.717) is 4.21 Å². The number of carboxylic acid groups (broad SMARTS) is 1. The Morgan fingerprint density at radius 2 is 1.96 bits per heavy atom. The fraction of sp³-hybridized carbons (Fsp3) is 0.357. The summed E-state index contributed by atoms with van der Waals surface area (Å²) in [4.78, 5) is 24.7. The molecular formula is C14H16N4O5S2. The van der Waals surface area contributed by atoms with E-state index in [1.165, 1.54) is 32.7 Å². The summed E-state index contributed by atoms with van der Waals surface area (Å²) in [6, 6.07) is 3.25. The molecule has 2 aromatic rings. The lowest BCUT2D eigenvalue weighted by atomic mass is 10.3. The van der Waals surface area contributed by atoms with Crippen LogP contribution < -0.4 is 0 Å². The monoisotopic (exact) mass is 384 g/mol. The SMILES string of the molecule is O=C(O)c1cnn(CC(=O)N2CCN(S(=O)(=O)c3cccs3)CC2)c1. The highest BCUT2D eigenvalue weighted by molar-refractivity contribution is 7.91. The van der Waals surface area contributed by atoms with Gasteiger partial charge < -0.3 is 10.0 Å². The zero-order valence-corrected chi connectivity index (χ0v) is 14.7. The number of carbonyl (C=O) groups is 2. The molecule has 0 aromatic carbocycles. The Balaban J connectivity index is 1.58. The fourth-order valence-corrected chi connectivity index (χ4v) is 5.08. The van der Waals surface area contributed by atoms with Gasteiger partial charge in [0.1, 0.15) is 10.8 Å². The number of carbonyl (C=O) groups excluding carboxylic acids is 1. The van der Waals surface area contributed by atoms with Crippen LogP contribution in [0.5, 0.6) is 0 Å². The van der Waals surface area contributed by atoms with Crippen molar-refractivity contribution in [1.29, 1.82) is 0 Å². The first-order valence-electron chi connectivity index (χ1n) is 7.45. The number of nitrogens with zero attached hydrogens (tertiary/aromatic N) is 4. The Hall–Kier alpha value is -2.24. The van der Waals surface area contributed by atoms with Crippen molar-refractivity contribution in [3.05, 3.63) is 35.5 Å². The minimum Gasteiger partial charge on any atom is -0.478 e. The van der Waals surface area contributed by atoms with Gasteiger partial charge in [0.15, 0.2) is 0 Å². The van der Waals surface area contributed by atoms with Gasteiger partial charge in [-0.1, -0.05) is 6.07 Å². The van der Waals surface area contributed by atoms with E-state index in [0.717, 1.165) is 0 Å². The molecule has 0 unspecified atom stereocenters. The Labute approximate surface area is 148 Å². The summed E-state index contributed by atoms with van der Waals surface area (Å²) in [5, 5.41) is 14.4. The number of sulfonamides is 1. The molecule has 1 fully saturated rings. The molecule has 25 heavy (non-hydrogen) atoms. The van der Waals surface area contributed by atoms with Gasteiger partial charge in [-0.05, 0) is 11.4 Å². The molecular weight excluding hydrogens is 368 g/mol. The van der Waals surface area contributed by atoms with E-state index in [9.17, 15) is 18.0 Å². The summed E-state index contributed by atoms with van der Waals surface area (Å²) in [6.07, 6.45) is 2.47. The van der Waals surface area contributed by atoms with Gasteiger partial charge in [-0.3, -0.25) is 9.48 Å². The number of hydrogen-bond donors (Lipinski definition) is 1. The van der Waals surface area contributed by atoms with Crippen LogP contribution in [0.25, 0.3) is 0 Å². The molecule has 0 saturated carbocycles. The predicted octanol–water partition coefficient (Wildman–Crippen LogP) is 0.176. The van der Waals surface area contributed by atoms with E-state index in [1.54, 1.807) is 22.4 Å². The maximum Gasteiger partial charge on any atom is 0.338 e. The first-order valence-corrected chi connectivity index (χ1v) is 9.77. The molecule has 1 amide bonds. The summed E-state index contributed by atoms with van der Waals surface area (Å²) < 4.78 is 27.8. The minimum atomic E-state index is -3.50. The molecule has 0 spiro atoms. The van der Waals surface area contributed by atoms with Crippen LogP contribution in [0.3, 0.4) is 0 Å². The summed E-state index contributed by atoms with van der Waals surface area (Å²) >= 11 is 1.17. The lowest BCUT2D eigenvalue weighted by Gasteiger charge is -2.33. The highest BCUT2D eigenvalue weighted by Gasteiger charge is 2.30. The number of carboxylic acids is 1. The summed E-state index contributed by atoms with van der Waals surface area (Å²) in [5.41, 5.74) is 0.0136. The van der Waals surface area contributed by atoms with E-state index < -0.39 is 16.0 Å². The van der Waals surface area contributed by atoms with Crippen LogP contribution in [-0.4, -0.2) is 70.6 Å². The van der Waals surface area contributed by atoms with E-state index in [1.807, 2.05) is 0 Å². The molecule has 1 N–H and O–H groups in total. The average Bonchev–Trinajstić information content (AvgIpc) is 3.27. The van der Waals surface area contributed by atoms with Crippen molar-refractivity contribution in [3.63, 3.8) is 0 Å². The highest BCUT2D eigenvalue weighted by atomic mass is 32.2. The molecule has 9 nitrogen and oxygen atoms in total. The van der Waals surface area contributed by atoms with Gasteiger partial charge in [0.2, 0.25) is 5.91 Å². The van der Waals surface area contributed by atoms with E-state index in [4.69, 9.17) is 5.11 Å². The van der Waals surface area contributed by atoms with Crippen molar-refractivity contribution in [2.45, 2.75) is 10.8 Å².